The highest BCUT2D eigenvalue weighted by molar-refractivity contribution is 7.92. The maximum atomic E-state index is 15.3. The zero-order chi connectivity index (χ0) is 22.8. The average Bonchev–Trinajstić information content (AvgIpc) is 3.41. The van der Waals surface area contributed by atoms with Crippen LogP contribution in [0.3, 0.4) is 0 Å². The minimum atomic E-state index is -4.30. The molecule has 172 valence electrons. The summed E-state index contributed by atoms with van der Waals surface area (Å²) in [5.41, 5.74) is -0.0715. The quantitative estimate of drug-likeness (QED) is 0.572. The fraction of sp³-hybridized carbons (Fsp3) is 0.421. The van der Waals surface area contributed by atoms with E-state index in [1.165, 1.54) is 16.4 Å². The minimum absolute atomic E-state index is 0.0535. The van der Waals surface area contributed by atoms with Gasteiger partial charge in [0.25, 0.3) is 5.91 Å². The molecule has 13 heteroatoms. The standard InChI is InChI=1S/C19H21FN4O6S2/c20-18-15-8-12(21-13-5-6-23(9-13)31(27,28)14-3-4-14)2-1-11(15)7-16(25)19(18)24-10-17(26)22-32(24,29)30/h1-2,7-8,13-14,21,25H,3-6,9-10H2,(H,22,26). The zero-order valence-corrected chi connectivity index (χ0v) is 18.4. The molecule has 2 heterocycles. The van der Waals surface area contributed by atoms with E-state index >= 15 is 4.39 Å². The molecular weight excluding hydrogens is 463 g/mol. The molecule has 1 saturated carbocycles. The number of hydrogen-bond donors (Lipinski definition) is 3. The van der Waals surface area contributed by atoms with Crippen molar-refractivity contribution in [2.45, 2.75) is 30.6 Å². The predicted octanol–water partition coefficient (Wildman–Crippen LogP) is 0.844. The van der Waals surface area contributed by atoms with E-state index < -0.39 is 49.9 Å². The Kier molecular flexibility index (Phi) is 4.76. The highest BCUT2D eigenvalue weighted by Gasteiger charge is 2.42. The van der Waals surface area contributed by atoms with Gasteiger partial charge in [0, 0.05) is 30.2 Å². The number of rotatable bonds is 5. The molecule has 5 rings (SSSR count). The summed E-state index contributed by atoms with van der Waals surface area (Å²) >= 11 is 0. The van der Waals surface area contributed by atoms with Crippen LogP contribution in [-0.2, 0) is 25.0 Å². The SMILES string of the molecule is O=C1CN(c2c(O)cc3ccc(NC4CCN(S(=O)(=O)C5CC5)C4)cc3c2F)S(=O)(=O)N1. The number of amides is 1. The first kappa shape index (κ1) is 21.2. The van der Waals surface area contributed by atoms with Crippen LogP contribution in [0.25, 0.3) is 10.8 Å². The van der Waals surface area contributed by atoms with Crippen molar-refractivity contribution in [2.24, 2.45) is 0 Å². The second-order valence-corrected chi connectivity index (χ2v) is 12.1. The normalized spacial score (nSPS) is 23.6. The Hall–Kier alpha value is -2.64. The number of phenolic OH excluding ortho intramolecular Hbond substituents is 1. The van der Waals surface area contributed by atoms with Crippen molar-refractivity contribution in [1.82, 2.24) is 9.03 Å². The predicted molar refractivity (Wildman–Crippen MR) is 116 cm³/mol. The number of benzene rings is 2. The van der Waals surface area contributed by atoms with E-state index in [0.717, 1.165) is 0 Å². The van der Waals surface area contributed by atoms with Gasteiger partial charge in [-0.2, -0.15) is 12.7 Å². The summed E-state index contributed by atoms with van der Waals surface area (Å²) in [4.78, 5) is 11.5. The van der Waals surface area contributed by atoms with Crippen LogP contribution in [0.5, 0.6) is 5.75 Å². The highest BCUT2D eigenvalue weighted by atomic mass is 32.2. The Morgan fingerprint density at radius 2 is 1.94 bits per heavy atom. The number of fused-ring (bicyclic) bond motifs is 1. The summed E-state index contributed by atoms with van der Waals surface area (Å²) < 4.78 is 68.2. The van der Waals surface area contributed by atoms with Gasteiger partial charge in [0.2, 0.25) is 10.0 Å². The van der Waals surface area contributed by atoms with Gasteiger partial charge in [-0.3, -0.25) is 4.79 Å². The third kappa shape index (κ3) is 3.53. The van der Waals surface area contributed by atoms with Crippen molar-refractivity contribution in [3.8, 4) is 5.75 Å². The summed E-state index contributed by atoms with van der Waals surface area (Å²) in [6.45, 7) is 0.105. The lowest BCUT2D eigenvalue weighted by Gasteiger charge is -2.19. The Bertz CT molecular complexity index is 1340. The molecule has 3 aliphatic rings. The molecule has 1 unspecified atom stereocenters. The summed E-state index contributed by atoms with van der Waals surface area (Å²) in [6.07, 6.45) is 2.00. The number of aromatic hydroxyl groups is 1. The van der Waals surface area contributed by atoms with Crippen molar-refractivity contribution in [2.75, 3.05) is 29.3 Å². The molecule has 1 atom stereocenters. The largest absolute Gasteiger partial charge is 0.506 e. The summed E-state index contributed by atoms with van der Waals surface area (Å²) in [6, 6.07) is 5.80. The van der Waals surface area contributed by atoms with E-state index in [9.17, 15) is 26.7 Å². The van der Waals surface area contributed by atoms with Crippen LogP contribution in [0.2, 0.25) is 0 Å². The fourth-order valence-electron chi connectivity index (χ4n) is 4.19. The number of nitrogens with zero attached hydrogens (tertiary/aromatic N) is 2. The summed E-state index contributed by atoms with van der Waals surface area (Å²) in [7, 11) is -7.56. The third-order valence-corrected chi connectivity index (χ3v) is 9.67. The van der Waals surface area contributed by atoms with Crippen LogP contribution in [0.15, 0.2) is 24.3 Å². The minimum Gasteiger partial charge on any atom is -0.506 e. The van der Waals surface area contributed by atoms with Gasteiger partial charge in [-0.1, -0.05) is 6.07 Å². The van der Waals surface area contributed by atoms with Crippen molar-refractivity contribution in [3.05, 3.63) is 30.1 Å². The van der Waals surface area contributed by atoms with Crippen LogP contribution < -0.4 is 14.3 Å². The lowest BCUT2D eigenvalue weighted by atomic mass is 10.1. The molecule has 0 aromatic heterocycles. The number of hydrogen-bond acceptors (Lipinski definition) is 7. The topological polar surface area (TPSA) is 136 Å². The molecule has 10 nitrogen and oxygen atoms in total. The average molecular weight is 485 g/mol. The van der Waals surface area contributed by atoms with Gasteiger partial charge in [-0.05, 0) is 42.8 Å². The smallest absolute Gasteiger partial charge is 0.326 e. The first-order chi connectivity index (χ1) is 15.1. The number of halogens is 1. The second kappa shape index (κ2) is 7.18. The Balaban J connectivity index is 1.43. The fourth-order valence-corrected chi connectivity index (χ4v) is 7.26. The first-order valence-electron chi connectivity index (χ1n) is 10.1. The van der Waals surface area contributed by atoms with Gasteiger partial charge in [-0.15, -0.1) is 0 Å². The van der Waals surface area contributed by atoms with Crippen molar-refractivity contribution < 1.29 is 31.1 Å². The summed E-state index contributed by atoms with van der Waals surface area (Å²) in [5, 5.41) is 13.6. The zero-order valence-electron chi connectivity index (χ0n) is 16.8. The van der Waals surface area contributed by atoms with Crippen LogP contribution in [-0.4, -0.2) is 63.1 Å². The third-order valence-electron chi connectivity index (χ3n) is 5.93. The number of phenols is 1. The summed E-state index contributed by atoms with van der Waals surface area (Å²) in [5.74, 6) is -2.41. The maximum Gasteiger partial charge on any atom is 0.326 e. The van der Waals surface area contributed by atoms with Gasteiger partial charge in [0.15, 0.2) is 5.82 Å². The Labute approximate surface area is 184 Å². The lowest BCUT2D eigenvalue weighted by molar-refractivity contribution is -0.117. The van der Waals surface area contributed by atoms with Gasteiger partial charge in [-0.25, -0.2) is 21.8 Å². The molecule has 1 aliphatic carbocycles. The molecular formula is C19H21FN4O6S2. The van der Waals surface area contributed by atoms with E-state index in [2.05, 4.69) is 5.32 Å². The highest BCUT2D eigenvalue weighted by Crippen LogP contribution is 2.39. The van der Waals surface area contributed by atoms with E-state index in [4.69, 9.17) is 0 Å². The van der Waals surface area contributed by atoms with E-state index in [1.54, 1.807) is 16.9 Å². The van der Waals surface area contributed by atoms with E-state index in [-0.39, 0.29) is 16.7 Å². The van der Waals surface area contributed by atoms with Crippen LogP contribution >= 0.6 is 0 Å². The molecule has 1 amide bonds. The molecule has 3 N–H and O–H groups in total. The van der Waals surface area contributed by atoms with Gasteiger partial charge in [0.1, 0.15) is 18.0 Å². The van der Waals surface area contributed by atoms with Crippen molar-refractivity contribution in [1.29, 1.82) is 0 Å². The molecule has 0 spiro atoms. The Morgan fingerprint density at radius 1 is 1.19 bits per heavy atom. The van der Waals surface area contributed by atoms with Gasteiger partial charge >= 0.3 is 10.2 Å². The number of anilines is 2. The molecule has 2 saturated heterocycles. The van der Waals surface area contributed by atoms with Crippen LogP contribution in [0, 0.1) is 5.82 Å². The van der Waals surface area contributed by atoms with E-state index in [1.807, 2.05) is 0 Å². The molecule has 32 heavy (non-hydrogen) atoms. The lowest BCUT2D eigenvalue weighted by Crippen LogP contribution is -2.33. The van der Waals surface area contributed by atoms with Crippen LogP contribution in [0.4, 0.5) is 15.8 Å². The molecule has 3 fully saturated rings. The first-order valence-corrected chi connectivity index (χ1v) is 13.0. The maximum absolute atomic E-state index is 15.3. The molecule has 2 aromatic carbocycles. The molecule has 0 bridgehead atoms. The molecule has 2 aromatic rings. The van der Waals surface area contributed by atoms with Crippen molar-refractivity contribution in [3.63, 3.8) is 0 Å². The van der Waals surface area contributed by atoms with E-state index in [0.29, 0.717) is 47.7 Å². The van der Waals surface area contributed by atoms with Gasteiger partial charge < -0.3 is 10.4 Å². The number of sulfonamides is 1. The monoisotopic (exact) mass is 484 g/mol. The second-order valence-electron chi connectivity index (χ2n) is 8.26. The number of carbonyl (C=O) groups excluding carboxylic acids is 1. The van der Waals surface area contributed by atoms with Gasteiger partial charge in [0.05, 0.1) is 5.25 Å². The van der Waals surface area contributed by atoms with Crippen molar-refractivity contribution >= 4 is 48.3 Å². The molecule has 2 aliphatic heterocycles. The number of nitrogens with one attached hydrogen (secondary N) is 2. The number of carbonyl (C=O) groups is 1. The van der Waals surface area contributed by atoms with Crippen LogP contribution in [0.1, 0.15) is 19.3 Å². The molecule has 0 radical (unpaired) electrons. The Morgan fingerprint density at radius 3 is 2.59 bits per heavy atom.